The lowest BCUT2D eigenvalue weighted by atomic mass is 9.85. The van der Waals surface area contributed by atoms with Gasteiger partial charge in [0.25, 0.3) is 0 Å². The number of aliphatic carboxylic acids is 1. The number of sulfonamides is 1. The molecule has 5 aliphatic rings. The van der Waals surface area contributed by atoms with Crippen molar-refractivity contribution in [1.29, 1.82) is 0 Å². The number of piperidine rings is 4. The quantitative estimate of drug-likeness (QED) is 0.0186. The molecule has 8 aromatic heterocycles. The van der Waals surface area contributed by atoms with Crippen molar-refractivity contribution in [3.63, 3.8) is 0 Å². The molecule has 748 valence electrons. The number of carboxylic acids is 1. The van der Waals surface area contributed by atoms with E-state index in [9.17, 15) is 39.9 Å². The Hall–Kier alpha value is -11.2. The summed E-state index contributed by atoms with van der Waals surface area (Å²) in [5.41, 5.74) is 16.6. The van der Waals surface area contributed by atoms with E-state index in [4.69, 9.17) is 46.4 Å². The van der Waals surface area contributed by atoms with E-state index in [0.29, 0.717) is 136 Å². The van der Waals surface area contributed by atoms with Gasteiger partial charge in [0.05, 0.1) is 52.2 Å². The highest BCUT2D eigenvalue weighted by Gasteiger charge is 2.36. The summed E-state index contributed by atoms with van der Waals surface area (Å²) in [4.78, 5) is 52.6. The van der Waals surface area contributed by atoms with Crippen LogP contribution in [0.25, 0.3) is 0 Å². The van der Waals surface area contributed by atoms with Crippen LogP contribution in [0.2, 0.25) is 20.1 Å². The van der Waals surface area contributed by atoms with E-state index in [1.165, 1.54) is 52.7 Å². The zero-order valence-electron chi connectivity index (χ0n) is 79.9. The summed E-state index contributed by atoms with van der Waals surface area (Å²) >= 11 is 24.9. The normalized spacial score (nSPS) is 16.0. The smallest absolute Gasteiger partial charge is 0.435 e. The molecule has 5 aliphatic heterocycles. The third-order valence-corrected chi connectivity index (χ3v) is 30.0. The molecule has 0 saturated carbocycles. The van der Waals surface area contributed by atoms with Crippen LogP contribution in [0, 0.1) is 73.9 Å². The number of rotatable bonds is 30. The average Bonchev–Trinajstić information content (AvgIpc) is 1.33. The summed E-state index contributed by atoms with van der Waals surface area (Å²) in [5, 5.41) is 59.1. The molecule has 140 heavy (non-hydrogen) atoms. The highest BCUT2D eigenvalue weighted by atomic mass is 35.5. The standard InChI is InChI=1S/C27H37ClN8O2S.C23H25ClF3N5.C23H29ClFN7O2S.C23H27ClFN7O2/c1-18-15-24(30-27-29-17-23(28)26(32-27)31-25-16-20(3)33-34-25)19(2)14-22(18)21-6-11-35(12-7-21)8-5-13-39(37,38)36-9-4-10-36;1-13-8-18(15-3-5-28-6-4-15)14(2)7-16(13)9-22-29-12-19(24)20(30-22)10-17-11-21(32-31-17)23(25,26)27;1-14-10-20(27-23-26-13-18(24)22(29-23)28-21-11-15(2)30-31-21)19(25)12-17(14)16-4-6-32(7-5-16)8-9-35(3,33)34;1-12-8-19(18(25)10-16(12)15-4-6-32(7-5-15)14(3)22(33)34)27-23-26-11-17(24)21(29-23)28-20-9-13(2)30-31-20/h14-17,21H,4-13H2,1-3H3,(H3,29,30,31,32,33,34);7-8,11-12,15,28H,3-6,9-10H2,1-2H3,(H,31,32);10-13,16H,4-9H2,1-3H3,(H3,26,27,28,29,30,31);8-11,14-15H,4-7H2,1-3H3,(H,33,34)(H3,26,27,28,29,30,31). The molecule has 5 saturated heterocycles. The topological polar surface area (TPSA) is 421 Å². The number of nitrogens with zero attached hydrogens (tertiary/aromatic N) is 16. The number of sulfone groups is 1. The van der Waals surface area contributed by atoms with Gasteiger partial charge in [-0.15, -0.1) is 0 Å². The third kappa shape index (κ3) is 28.4. The maximum atomic E-state index is 15.1. The second kappa shape index (κ2) is 46.7. The molecule has 33 nitrogen and oxygen atoms in total. The molecule has 5 fully saturated rings. The summed E-state index contributed by atoms with van der Waals surface area (Å²) in [6.45, 7) is 29.6. The molecule has 12 N–H and O–H groups in total. The van der Waals surface area contributed by atoms with Gasteiger partial charge < -0.3 is 52.1 Å². The lowest BCUT2D eigenvalue weighted by molar-refractivity contribution is -0.143. The number of aromatic nitrogens is 16. The van der Waals surface area contributed by atoms with Crippen molar-refractivity contribution in [2.45, 2.75) is 182 Å². The van der Waals surface area contributed by atoms with Crippen LogP contribution in [0.1, 0.15) is 196 Å². The van der Waals surface area contributed by atoms with Crippen LogP contribution in [-0.4, -0.2) is 230 Å². The Labute approximate surface area is 831 Å². The third-order valence-electron chi connectivity index (χ3n) is 25.9. The van der Waals surface area contributed by atoms with E-state index in [1.807, 2.05) is 51.7 Å². The number of halogens is 9. The van der Waals surface area contributed by atoms with E-state index in [-0.39, 0.29) is 58.9 Å². The van der Waals surface area contributed by atoms with Gasteiger partial charge in [-0.25, -0.2) is 54.8 Å². The van der Waals surface area contributed by atoms with Crippen molar-refractivity contribution in [3.05, 3.63) is 230 Å². The van der Waals surface area contributed by atoms with Gasteiger partial charge in [-0.2, -0.15) is 48.5 Å². The Bertz CT molecular complexity index is 6580. The molecule has 0 aliphatic carbocycles. The van der Waals surface area contributed by atoms with Crippen LogP contribution in [-0.2, 0) is 43.7 Å². The van der Waals surface area contributed by atoms with Gasteiger partial charge >= 0.3 is 12.1 Å². The van der Waals surface area contributed by atoms with Crippen LogP contribution in [0.4, 0.5) is 91.8 Å². The van der Waals surface area contributed by atoms with Crippen molar-refractivity contribution in [3.8, 4) is 0 Å². The number of hydrogen-bond acceptors (Lipinski definition) is 27. The minimum absolute atomic E-state index is 0.115. The Balaban J connectivity index is 0.000000149. The number of likely N-dealkylation sites (tertiary alicyclic amines) is 3. The largest absolute Gasteiger partial charge is 0.480 e. The molecule has 12 aromatic rings. The van der Waals surface area contributed by atoms with Crippen LogP contribution < -0.4 is 37.2 Å². The van der Waals surface area contributed by atoms with Gasteiger partial charge in [0.1, 0.15) is 48.4 Å². The van der Waals surface area contributed by atoms with Crippen LogP contribution in [0.3, 0.4) is 0 Å². The maximum absolute atomic E-state index is 15.1. The number of carboxylic acid groups (broad SMARTS) is 1. The molecule has 0 radical (unpaired) electrons. The zero-order valence-corrected chi connectivity index (χ0v) is 84.5. The van der Waals surface area contributed by atoms with E-state index in [0.717, 1.165) is 166 Å². The average molecular weight is 2050 g/mol. The molecular weight excluding hydrogens is 1930 g/mol. The fourth-order valence-corrected chi connectivity index (χ4v) is 20.7. The number of alkyl halides is 3. The lowest BCUT2D eigenvalue weighted by Gasteiger charge is -2.35. The SMILES string of the molecule is Cc1cc(C2CCNCC2)c(C)cc1Cc1ncc(Cl)c(Cc2cc(C(F)(F)F)n[nH]2)n1.Cc1cc(Nc2nc(Nc3cc(C)c(C4CCN(C(C)C(=O)O)CC4)cc3F)ncc2Cl)n[nH]1.Cc1cc(Nc2nc(Nc3cc(C)c(C4CCN(CCCS(=O)(=O)N5CCC5)CC4)cc3C)ncc2Cl)n[nH]1.Cc1cc(Nc2nc(Nc3cc(C)c(C4CCN(CCS(C)(=O)=O)CC4)cc3F)ncc2Cl)n[nH]1. The van der Waals surface area contributed by atoms with Gasteiger partial charge in [0.15, 0.2) is 40.6 Å². The molecule has 17 rings (SSSR count). The van der Waals surface area contributed by atoms with E-state index >= 15 is 8.78 Å². The van der Waals surface area contributed by atoms with Crippen LogP contribution in [0.15, 0.2) is 97.6 Å². The summed E-state index contributed by atoms with van der Waals surface area (Å²) in [7, 11) is -6.03. The number of H-pyrrole nitrogens is 4. The van der Waals surface area contributed by atoms with Gasteiger partial charge in [0, 0.05) is 91.6 Å². The van der Waals surface area contributed by atoms with Gasteiger partial charge in [-0.1, -0.05) is 64.6 Å². The fraction of sp³-hybridized carbons (Fsp3) is 0.448. The number of benzene rings is 4. The van der Waals surface area contributed by atoms with Crippen molar-refractivity contribution in [2.75, 3.05) is 128 Å². The van der Waals surface area contributed by atoms with Gasteiger partial charge in [-0.3, -0.25) is 30.1 Å². The molecule has 0 spiro atoms. The molecular formula is C96H118Cl4F5N27O6S2. The molecule has 0 amide bonds. The first-order valence-corrected chi connectivity index (χ1v) is 51.8. The van der Waals surface area contributed by atoms with E-state index in [1.54, 1.807) is 47.8 Å². The highest BCUT2D eigenvalue weighted by molar-refractivity contribution is 7.90. The number of nitrogens with one attached hydrogen (secondary N) is 11. The number of aryl methyl sites for hydroxylation is 9. The zero-order chi connectivity index (χ0) is 100. The van der Waals surface area contributed by atoms with Crippen molar-refractivity contribution >= 4 is 142 Å². The first kappa shape index (κ1) is 105. The second-order valence-corrected chi connectivity index (χ2v) is 42.6. The Morgan fingerprint density at radius 1 is 0.471 bits per heavy atom. The van der Waals surface area contributed by atoms with Crippen molar-refractivity contribution in [1.82, 2.24) is 105 Å². The Morgan fingerprint density at radius 3 is 1.32 bits per heavy atom. The highest BCUT2D eigenvalue weighted by Crippen LogP contribution is 2.41. The first-order valence-electron chi connectivity index (χ1n) is 46.6. The number of aromatic amines is 4. The molecule has 4 aromatic carbocycles. The minimum Gasteiger partial charge on any atom is -0.480 e. The van der Waals surface area contributed by atoms with Crippen molar-refractivity contribution in [2.24, 2.45) is 0 Å². The van der Waals surface area contributed by atoms with Crippen LogP contribution >= 0.6 is 46.4 Å². The van der Waals surface area contributed by atoms with Crippen molar-refractivity contribution < 1.29 is 48.7 Å². The molecule has 1 unspecified atom stereocenters. The summed E-state index contributed by atoms with van der Waals surface area (Å²) in [5.74, 6) is 4.67. The van der Waals surface area contributed by atoms with E-state index in [2.05, 4.69) is 180 Å². The van der Waals surface area contributed by atoms with Gasteiger partial charge in [0.2, 0.25) is 27.9 Å². The fourth-order valence-electron chi connectivity index (χ4n) is 18.0. The summed E-state index contributed by atoms with van der Waals surface area (Å²) in [6, 6.07) is 21.5. The first-order chi connectivity index (χ1) is 66.7. The molecule has 0 bridgehead atoms. The number of anilines is 12. The van der Waals surface area contributed by atoms with E-state index < -0.39 is 49.6 Å². The predicted molar refractivity (Wildman–Crippen MR) is 538 cm³/mol. The predicted octanol–water partition coefficient (Wildman–Crippen LogP) is 19.1. The maximum Gasteiger partial charge on any atom is 0.435 e. The molecule has 44 heteroatoms. The summed E-state index contributed by atoms with van der Waals surface area (Å²) in [6.07, 6.45) is 12.8. The minimum atomic E-state index is -4.49. The van der Waals surface area contributed by atoms with Gasteiger partial charge in [-0.05, 0) is 314 Å². The summed E-state index contributed by atoms with van der Waals surface area (Å²) < 4.78 is 118. The monoisotopic (exact) mass is 2040 g/mol. The number of carbonyl (C=O) groups is 1. The molecule has 13 heterocycles. The molecule has 1 atom stereocenters. The van der Waals surface area contributed by atoms with Crippen LogP contribution in [0.5, 0.6) is 0 Å². The second-order valence-electron chi connectivity index (χ2n) is 36.6. The Kier molecular flexibility index (Phi) is 34.9. The lowest BCUT2D eigenvalue weighted by Crippen LogP contribution is -2.43. The Morgan fingerprint density at radius 2 is 0.893 bits per heavy atom. The number of hydrogen-bond donors (Lipinski definition) is 12.